The number of hydrogen-bond donors (Lipinski definition) is 0. The van der Waals surface area contributed by atoms with Crippen molar-refractivity contribution in [2.75, 3.05) is 0 Å². The first kappa shape index (κ1) is 16.9. The second-order valence-electron chi connectivity index (χ2n) is 6.63. The van der Waals surface area contributed by atoms with Gasteiger partial charge in [-0.2, -0.15) is 0 Å². The van der Waals surface area contributed by atoms with Crippen molar-refractivity contribution in [3.05, 3.63) is 95.3 Å². The van der Waals surface area contributed by atoms with Crippen molar-refractivity contribution in [3.63, 3.8) is 0 Å². The van der Waals surface area contributed by atoms with Gasteiger partial charge in [-0.15, -0.1) is 0 Å². The van der Waals surface area contributed by atoms with Crippen LogP contribution in [0.3, 0.4) is 0 Å². The molecule has 4 nitrogen and oxygen atoms in total. The molecule has 4 rings (SSSR count). The van der Waals surface area contributed by atoms with Gasteiger partial charge in [-0.05, 0) is 31.5 Å². The number of imidazole rings is 1. The molecule has 27 heavy (non-hydrogen) atoms. The highest BCUT2D eigenvalue weighted by Gasteiger charge is 2.26. The second-order valence-corrected chi connectivity index (χ2v) is 6.63. The van der Waals surface area contributed by atoms with Gasteiger partial charge in [0, 0.05) is 17.3 Å². The molecule has 0 aliphatic heterocycles. The Labute approximate surface area is 157 Å². The molecule has 0 amide bonds. The minimum absolute atomic E-state index is 0.293. The predicted molar refractivity (Wildman–Crippen MR) is 105 cm³/mol. The van der Waals surface area contributed by atoms with Crippen molar-refractivity contribution in [1.82, 2.24) is 9.38 Å². The van der Waals surface area contributed by atoms with E-state index in [4.69, 9.17) is 0 Å². The van der Waals surface area contributed by atoms with Crippen LogP contribution >= 0.6 is 0 Å². The Morgan fingerprint density at radius 2 is 1.52 bits per heavy atom. The van der Waals surface area contributed by atoms with Gasteiger partial charge in [-0.3, -0.25) is 14.0 Å². The van der Waals surface area contributed by atoms with Crippen LogP contribution in [0.4, 0.5) is 0 Å². The summed E-state index contributed by atoms with van der Waals surface area (Å²) in [6.07, 6.45) is 1.79. The summed E-state index contributed by atoms with van der Waals surface area (Å²) >= 11 is 0. The number of aryl methyl sites for hydroxylation is 2. The Kier molecular flexibility index (Phi) is 4.16. The zero-order valence-electron chi connectivity index (χ0n) is 15.1. The van der Waals surface area contributed by atoms with Crippen LogP contribution in [0.15, 0.2) is 72.9 Å². The van der Waals surface area contributed by atoms with Gasteiger partial charge in [0.1, 0.15) is 17.0 Å². The summed E-state index contributed by atoms with van der Waals surface area (Å²) in [6, 6.07) is 20.3. The van der Waals surface area contributed by atoms with Crippen molar-refractivity contribution >= 4 is 17.2 Å². The topological polar surface area (TPSA) is 51.4 Å². The fraction of sp³-hybridized carbons (Fsp3) is 0.0870. The lowest BCUT2D eigenvalue weighted by Gasteiger charge is -2.05. The summed E-state index contributed by atoms with van der Waals surface area (Å²) in [5.41, 5.74) is 4.72. The smallest absolute Gasteiger partial charge is 0.252 e. The fourth-order valence-electron chi connectivity index (χ4n) is 3.10. The molecule has 4 heteroatoms. The SMILES string of the molecule is Cc1ccc(C(=O)C(=O)c2c(-c3ccccc3)nc3cc(C)ccn23)cc1. The molecule has 0 unspecified atom stereocenters. The summed E-state index contributed by atoms with van der Waals surface area (Å²) < 4.78 is 1.70. The molecule has 2 aromatic heterocycles. The van der Waals surface area contributed by atoms with E-state index in [2.05, 4.69) is 4.98 Å². The summed E-state index contributed by atoms with van der Waals surface area (Å²) in [5, 5.41) is 0. The molecule has 2 heterocycles. The predicted octanol–water partition coefficient (Wildman–Crippen LogP) is 4.68. The number of ketones is 2. The van der Waals surface area contributed by atoms with Crippen LogP contribution in [0.2, 0.25) is 0 Å². The maximum absolute atomic E-state index is 13.2. The number of hydrogen-bond acceptors (Lipinski definition) is 3. The highest BCUT2D eigenvalue weighted by atomic mass is 16.2. The Bertz CT molecular complexity index is 1160. The Morgan fingerprint density at radius 1 is 0.815 bits per heavy atom. The lowest BCUT2D eigenvalue weighted by Crippen LogP contribution is -2.17. The largest absolute Gasteiger partial charge is 0.296 e. The van der Waals surface area contributed by atoms with Crippen LogP contribution in [0, 0.1) is 13.8 Å². The summed E-state index contributed by atoms with van der Waals surface area (Å²) in [5.74, 6) is -1.09. The molecule has 0 bridgehead atoms. The average Bonchev–Trinajstić information content (AvgIpc) is 3.06. The number of carbonyl (C=O) groups is 2. The zero-order chi connectivity index (χ0) is 19.0. The standard InChI is InChI=1S/C23H18N2O2/c1-15-8-10-18(11-9-15)22(26)23(27)21-20(17-6-4-3-5-7-17)24-19-14-16(2)12-13-25(19)21/h3-14H,1-2H3. The molecular formula is C23H18N2O2. The molecule has 0 saturated carbocycles. The van der Waals surface area contributed by atoms with Gasteiger partial charge in [-0.25, -0.2) is 4.98 Å². The van der Waals surface area contributed by atoms with E-state index in [0.717, 1.165) is 16.7 Å². The lowest BCUT2D eigenvalue weighted by atomic mass is 10.0. The van der Waals surface area contributed by atoms with E-state index in [9.17, 15) is 9.59 Å². The van der Waals surface area contributed by atoms with E-state index < -0.39 is 11.6 Å². The van der Waals surface area contributed by atoms with Crippen molar-refractivity contribution in [2.24, 2.45) is 0 Å². The van der Waals surface area contributed by atoms with Gasteiger partial charge in [0.15, 0.2) is 0 Å². The number of nitrogens with zero attached hydrogens (tertiary/aromatic N) is 2. The van der Waals surface area contributed by atoms with Gasteiger partial charge < -0.3 is 0 Å². The summed E-state index contributed by atoms with van der Waals surface area (Å²) in [6.45, 7) is 3.91. The van der Waals surface area contributed by atoms with Crippen molar-refractivity contribution in [3.8, 4) is 11.3 Å². The minimum atomic E-state index is -0.561. The third-order valence-electron chi connectivity index (χ3n) is 4.56. The van der Waals surface area contributed by atoms with Crippen LogP contribution in [0.1, 0.15) is 32.0 Å². The van der Waals surface area contributed by atoms with Gasteiger partial charge in [-0.1, -0.05) is 60.2 Å². The van der Waals surface area contributed by atoms with Crippen LogP contribution < -0.4 is 0 Å². The molecule has 2 aromatic carbocycles. The molecule has 0 aliphatic carbocycles. The summed E-state index contributed by atoms with van der Waals surface area (Å²) in [7, 11) is 0. The van der Waals surface area contributed by atoms with Gasteiger partial charge >= 0.3 is 0 Å². The minimum Gasteiger partial charge on any atom is -0.296 e. The molecule has 132 valence electrons. The third-order valence-corrected chi connectivity index (χ3v) is 4.56. The van der Waals surface area contributed by atoms with E-state index >= 15 is 0 Å². The first-order valence-electron chi connectivity index (χ1n) is 8.74. The maximum Gasteiger partial charge on any atom is 0.252 e. The molecule has 0 radical (unpaired) electrons. The first-order valence-corrected chi connectivity index (χ1v) is 8.74. The number of carbonyl (C=O) groups excluding carboxylic acids is 2. The highest BCUT2D eigenvalue weighted by Crippen LogP contribution is 2.26. The zero-order valence-corrected chi connectivity index (χ0v) is 15.1. The van der Waals surface area contributed by atoms with E-state index in [-0.39, 0.29) is 0 Å². The number of benzene rings is 2. The maximum atomic E-state index is 13.2. The number of aromatic nitrogens is 2. The van der Waals surface area contributed by atoms with Gasteiger partial charge in [0.25, 0.3) is 5.78 Å². The number of pyridine rings is 1. The van der Waals surface area contributed by atoms with Crippen LogP contribution in [0.5, 0.6) is 0 Å². The third kappa shape index (κ3) is 3.06. The van der Waals surface area contributed by atoms with E-state index in [1.165, 1.54) is 0 Å². The molecule has 4 aromatic rings. The van der Waals surface area contributed by atoms with Crippen LogP contribution in [-0.2, 0) is 0 Å². The number of fused-ring (bicyclic) bond motifs is 1. The molecule has 0 atom stereocenters. The molecule has 0 spiro atoms. The molecular weight excluding hydrogens is 336 g/mol. The molecule has 0 N–H and O–H groups in total. The van der Waals surface area contributed by atoms with Crippen molar-refractivity contribution in [2.45, 2.75) is 13.8 Å². The van der Waals surface area contributed by atoms with Gasteiger partial charge in [0.2, 0.25) is 5.78 Å². The fourth-order valence-corrected chi connectivity index (χ4v) is 3.10. The molecule has 0 aliphatic rings. The van der Waals surface area contributed by atoms with Crippen molar-refractivity contribution in [1.29, 1.82) is 0 Å². The average molecular weight is 354 g/mol. The summed E-state index contributed by atoms with van der Waals surface area (Å²) in [4.78, 5) is 30.7. The van der Waals surface area contributed by atoms with Gasteiger partial charge in [0.05, 0.1) is 0 Å². The molecule has 0 fully saturated rings. The van der Waals surface area contributed by atoms with E-state index in [0.29, 0.717) is 22.6 Å². The monoisotopic (exact) mass is 354 g/mol. The van der Waals surface area contributed by atoms with E-state index in [1.54, 1.807) is 22.7 Å². The second kappa shape index (κ2) is 6.65. The van der Waals surface area contributed by atoms with Crippen LogP contribution in [0.25, 0.3) is 16.9 Å². The quantitative estimate of drug-likeness (QED) is 0.395. The Balaban J connectivity index is 1.90. The lowest BCUT2D eigenvalue weighted by molar-refractivity contribution is 0.0814. The number of Topliss-reactive ketones (excluding diaryl/α,β-unsaturated/α-hetero) is 2. The Morgan fingerprint density at radius 3 is 2.22 bits per heavy atom. The van der Waals surface area contributed by atoms with Crippen LogP contribution in [-0.4, -0.2) is 21.0 Å². The number of rotatable bonds is 4. The van der Waals surface area contributed by atoms with E-state index in [1.807, 2.05) is 68.4 Å². The molecule has 0 saturated heterocycles. The normalized spacial score (nSPS) is 10.9. The first-order chi connectivity index (χ1) is 13.0. The highest BCUT2D eigenvalue weighted by molar-refractivity contribution is 6.49. The Hall–Kier alpha value is -3.53. The van der Waals surface area contributed by atoms with Crippen molar-refractivity contribution < 1.29 is 9.59 Å².